The molecule has 0 amide bonds. The first-order valence-corrected chi connectivity index (χ1v) is 6.53. The van der Waals surface area contributed by atoms with E-state index >= 15 is 0 Å². The lowest BCUT2D eigenvalue weighted by Crippen LogP contribution is -2.26. The highest BCUT2D eigenvalue weighted by molar-refractivity contribution is 5.46. The maximum atomic E-state index is 12.5. The molecule has 0 aliphatic carbocycles. The normalized spacial score (nSPS) is 12.5. The largest absolute Gasteiger partial charge is 0.493 e. The molecule has 0 spiro atoms. The van der Waals surface area contributed by atoms with Crippen LogP contribution in [0.4, 0.5) is 8.78 Å². The van der Waals surface area contributed by atoms with E-state index in [0.29, 0.717) is 18.5 Å². The number of aliphatic hydroxyl groups is 1. The van der Waals surface area contributed by atoms with Crippen molar-refractivity contribution in [2.24, 2.45) is 0 Å². The Labute approximate surface area is 117 Å². The highest BCUT2D eigenvalue weighted by atomic mass is 19.3. The second kappa shape index (κ2) is 8.71. The van der Waals surface area contributed by atoms with E-state index < -0.39 is 6.61 Å². The Kier molecular flexibility index (Phi) is 7.25. The Hall–Kier alpha value is -1.40. The van der Waals surface area contributed by atoms with E-state index in [0.717, 1.165) is 6.42 Å². The van der Waals surface area contributed by atoms with Crippen LogP contribution in [0.15, 0.2) is 18.2 Å². The van der Waals surface area contributed by atoms with Crippen molar-refractivity contribution in [1.82, 2.24) is 5.32 Å². The van der Waals surface area contributed by atoms with E-state index in [9.17, 15) is 8.78 Å². The van der Waals surface area contributed by atoms with Crippen LogP contribution < -0.4 is 14.8 Å². The highest BCUT2D eigenvalue weighted by Crippen LogP contribution is 2.32. The molecule has 0 heterocycles. The van der Waals surface area contributed by atoms with E-state index in [1.807, 2.05) is 6.92 Å². The number of ether oxygens (including phenoxy) is 2. The number of alkyl halides is 2. The van der Waals surface area contributed by atoms with E-state index in [4.69, 9.17) is 9.84 Å². The number of para-hydroxylation sites is 1. The first-order valence-electron chi connectivity index (χ1n) is 6.53. The zero-order valence-electron chi connectivity index (χ0n) is 11.7. The third kappa shape index (κ3) is 5.30. The van der Waals surface area contributed by atoms with Gasteiger partial charge >= 0.3 is 6.61 Å². The van der Waals surface area contributed by atoms with Gasteiger partial charge in [-0.3, -0.25) is 0 Å². The molecule has 0 aromatic heterocycles. The lowest BCUT2D eigenvalue weighted by Gasteiger charge is -2.17. The van der Waals surface area contributed by atoms with Crippen LogP contribution >= 0.6 is 0 Å². The standard InChI is InChI=1S/C14H21F2NO3/c1-10(5-4-8-18)17-9-11-6-3-7-12(19-2)13(11)20-14(15)16/h3,6-7,10,14,17-18H,4-5,8-9H2,1-2H3. The molecule has 4 nitrogen and oxygen atoms in total. The van der Waals surface area contributed by atoms with Crippen LogP contribution in [0.3, 0.4) is 0 Å². The Morgan fingerprint density at radius 2 is 2.10 bits per heavy atom. The number of hydrogen-bond acceptors (Lipinski definition) is 4. The van der Waals surface area contributed by atoms with Gasteiger partial charge in [-0.15, -0.1) is 0 Å². The molecule has 0 bridgehead atoms. The minimum absolute atomic E-state index is 0.0619. The summed E-state index contributed by atoms with van der Waals surface area (Å²) in [7, 11) is 1.41. The summed E-state index contributed by atoms with van der Waals surface area (Å²) in [5.41, 5.74) is 0.612. The number of methoxy groups -OCH3 is 1. The minimum atomic E-state index is -2.89. The fourth-order valence-electron chi connectivity index (χ4n) is 1.87. The topological polar surface area (TPSA) is 50.7 Å². The van der Waals surface area contributed by atoms with Gasteiger partial charge in [-0.2, -0.15) is 8.78 Å². The smallest absolute Gasteiger partial charge is 0.387 e. The lowest BCUT2D eigenvalue weighted by molar-refractivity contribution is -0.0518. The molecule has 20 heavy (non-hydrogen) atoms. The minimum Gasteiger partial charge on any atom is -0.493 e. The second-order valence-electron chi connectivity index (χ2n) is 4.47. The molecule has 1 aromatic rings. The van der Waals surface area contributed by atoms with E-state index in [1.165, 1.54) is 7.11 Å². The van der Waals surface area contributed by atoms with Crippen molar-refractivity contribution in [3.8, 4) is 11.5 Å². The van der Waals surface area contributed by atoms with Gasteiger partial charge in [-0.1, -0.05) is 12.1 Å². The van der Waals surface area contributed by atoms with Crippen LogP contribution in [0.1, 0.15) is 25.3 Å². The molecule has 114 valence electrons. The lowest BCUT2D eigenvalue weighted by atomic mass is 10.1. The Balaban J connectivity index is 2.72. The SMILES string of the molecule is COc1cccc(CNC(C)CCCO)c1OC(F)F. The van der Waals surface area contributed by atoms with Crippen LogP contribution in [-0.2, 0) is 6.54 Å². The van der Waals surface area contributed by atoms with Gasteiger partial charge < -0.3 is 19.9 Å². The average Bonchev–Trinajstić information content (AvgIpc) is 2.43. The predicted octanol–water partition coefficient (Wildman–Crippen LogP) is 2.55. The molecular weight excluding hydrogens is 268 g/mol. The van der Waals surface area contributed by atoms with Crippen molar-refractivity contribution in [3.05, 3.63) is 23.8 Å². The Morgan fingerprint density at radius 1 is 1.35 bits per heavy atom. The first kappa shape index (κ1) is 16.7. The number of aliphatic hydroxyl groups excluding tert-OH is 1. The fourth-order valence-corrected chi connectivity index (χ4v) is 1.87. The number of hydrogen-bond donors (Lipinski definition) is 2. The summed E-state index contributed by atoms with van der Waals surface area (Å²) in [5.74, 6) is 0.347. The molecule has 0 aliphatic rings. The second-order valence-corrected chi connectivity index (χ2v) is 4.47. The molecule has 0 fully saturated rings. The van der Waals surface area contributed by atoms with Crippen molar-refractivity contribution in [3.63, 3.8) is 0 Å². The van der Waals surface area contributed by atoms with Crippen LogP contribution in [0.25, 0.3) is 0 Å². The number of halogens is 2. The number of nitrogens with one attached hydrogen (secondary N) is 1. The molecule has 0 radical (unpaired) electrons. The summed E-state index contributed by atoms with van der Waals surface area (Å²) in [4.78, 5) is 0. The van der Waals surface area contributed by atoms with Crippen LogP contribution in [0, 0.1) is 0 Å². The van der Waals surface area contributed by atoms with E-state index in [2.05, 4.69) is 10.1 Å². The van der Waals surface area contributed by atoms with Crippen molar-refractivity contribution >= 4 is 0 Å². The molecule has 1 aromatic carbocycles. The summed E-state index contributed by atoms with van der Waals surface area (Å²) in [6, 6.07) is 5.20. The van der Waals surface area contributed by atoms with Crippen LogP contribution in [-0.4, -0.2) is 31.5 Å². The molecule has 1 rings (SSSR count). The quantitative estimate of drug-likeness (QED) is 0.733. The van der Waals surface area contributed by atoms with Gasteiger partial charge in [0, 0.05) is 24.8 Å². The van der Waals surface area contributed by atoms with Gasteiger partial charge in [0.05, 0.1) is 7.11 Å². The molecule has 0 aliphatic heterocycles. The molecule has 0 saturated heterocycles. The third-order valence-electron chi connectivity index (χ3n) is 2.92. The number of rotatable bonds is 9. The van der Waals surface area contributed by atoms with Crippen molar-refractivity contribution in [2.75, 3.05) is 13.7 Å². The van der Waals surface area contributed by atoms with Crippen LogP contribution in [0.5, 0.6) is 11.5 Å². The summed E-state index contributed by atoms with van der Waals surface area (Å²) in [6.45, 7) is -0.378. The van der Waals surface area contributed by atoms with Crippen molar-refractivity contribution in [2.45, 2.75) is 39.0 Å². The van der Waals surface area contributed by atoms with Gasteiger partial charge in [0.1, 0.15) is 0 Å². The highest BCUT2D eigenvalue weighted by Gasteiger charge is 2.15. The van der Waals surface area contributed by atoms with Gasteiger partial charge in [-0.05, 0) is 25.8 Å². The molecule has 6 heteroatoms. The van der Waals surface area contributed by atoms with Gasteiger partial charge in [0.25, 0.3) is 0 Å². The van der Waals surface area contributed by atoms with Gasteiger partial charge in [0.15, 0.2) is 11.5 Å². The molecule has 1 unspecified atom stereocenters. The molecule has 0 saturated carbocycles. The van der Waals surface area contributed by atoms with Gasteiger partial charge in [0.2, 0.25) is 0 Å². The zero-order chi connectivity index (χ0) is 15.0. The van der Waals surface area contributed by atoms with E-state index in [-0.39, 0.29) is 24.1 Å². The fraction of sp³-hybridized carbons (Fsp3) is 0.571. The Morgan fingerprint density at radius 3 is 2.70 bits per heavy atom. The van der Waals surface area contributed by atoms with Crippen molar-refractivity contribution < 1.29 is 23.4 Å². The van der Waals surface area contributed by atoms with Crippen LogP contribution in [0.2, 0.25) is 0 Å². The average molecular weight is 289 g/mol. The number of benzene rings is 1. The third-order valence-corrected chi connectivity index (χ3v) is 2.92. The summed E-state index contributed by atoms with van der Waals surface area (Å²) < 4.78 is 34.5. The Bertz CT molecular complexity index is 402. The molecule has 2 N–H and O–H groups in total. The van der Waals surface area contributed by atoms with Gasteiger partial charge in [-0.25, -0.2) is 0 Å². The van der Waals surface area contributed by atoms with E-state index in [1.54, 1.807) is 18.2 Å². The maximum absolute atomic E-state index is 12.5. The monoisotopic (exact) mass is 289 g/mol. The summed E-state index contributed by atoms with van der Waals surface area (Å²) >= 11 is 0. The molecule has 1 atom stereocenters. The molecular formula is C14H21F2NO3. The zero-order valence-corrected chi connectivity index (χ0v) is 11.7. The maximum Gasteiger partial charge on any atom is 0.387 e. The first-order chi connectivity index (χ1) is 9.58. The summed E-state index contributed by atoms with van der Waals surface area (Å²) in [5, 5.41) is 12.0. The van der Waals surface area contributed by atoms with Crippen molar-refractivity contribution in [1.29, 1.82) is 0 Å². The summed E-state index contributed by atoms with van der Waals surface area (Å²) in [6.07, 6.45) is 1.51. The predicted molar refractivity (Wildman–Crippen MR) is 72.2 cm³/mol.